The Labute approximate surface area is 103 Å². The van der Waals surface area contributed by atoms with Crippen LogP contribution in [-0.2, 0) is 16.3 Å². The van der Waals surface area contributed by atoms with E-state index in [-0.39, 0.29) is 11.0 Å². The van der Waals surface area contributed by atoms with Gasteiger partial charge in [-0.3, -0.25) is 4.98 Å². The molecule has 5 heteroatoms. The Hall–Kier alpha value is -0.940. The first kappa shape index (κ1) is 14.1. The zero-order valence-corrected chi connectivity index (χ0v) is 11.2. The summed E-state index contributed by atoms with van der Waals surface area (Å²) >= 11 is 0. The van der Waals surface area contributed by atoms with E-state index in [1.165, 1.54) is 0 Å². The minimum atomic E-state index is -2.92. The molecule has 96 valence electrons. The SMILES string of the molecule is CC(C)S(=O)(=O)CCNCCc1ccccn1. The highest BCUT2D eigenvalue weighted by Crippen LogP contribution is 1.99. The van der Waals surface area contributed by atoms with Gasteiger partial charge in [0.2, 0.25) is 0 Å². The number of pyridine rings is 1. The summed E-state index contributed by atoms with van der Waals surface area (Å²) in [5.74, 6) is 0.201. The second-order valence-electron chi connectivity index (χ2n) is 4.24. The smallest absolute Gasteiger partial charge is 0.153 e. The van der Waals surface area contributed by atoms with Crippen molar-refractivity contribution in [1.29, 1.82) is 0 Å². The van der Waals surface area contributed by atoms with Gasteiger partial charge >= 0.3 is 0 Å². The second-order valence-corrected chi connectivity index (χ2v) is 6.91. The van der Waals surface area contributed by atoms with Gasteiger partial charge in [-0.15, -0.1) is 0 Å². The fourth-order valence-corrected chi connectivity index (χ4v) is 2.24. The summed E-state index contributed by atoms with van der Waals surface area (Å²) in [6, 6.07) is 5.80. The van der Waals surface area contributed by atoms with Gasteiger partial charge in [0.15, 0.2) is 9.84 Å². The third-order valence-corrected chi connectivity index (χ3v) is 4.78. The number of hydrogen-bond donors (Lipinski definition) is 1. The topological polar surface area (TPSA) is 59.1 Å². The fraction of sp³-hybridized carbons (Fsp3) is 0.583. The van der Waals surface area contributed by atoms with E-state index in [0.29, 0.717) is 6.54 Å². The molecule has 1 heterocycles. The highest BCUT2D eigenvalue weighted by Gasteiger charge is 2.14. The van der Waals surface area contributed by atoms with Crippen LogP contribution in [0.5, 0.6) is 0 Å². The van der Waals surface area contributed by atoms with Crippen molar-refractivity contribution in [2.45, 2.75) is 25.5 Å². The normalized spacial score (nSPS) is 11.9. The van der Waals surface area contributed by atoms with Gasteiger partial charge in [-0.1, -0.05) is 6.07 Å². The minimum Gasteiger partial charge on any atom is -0.315 e. The van der Waals surface area contributed by atoms with Crippen LogP contribution in [0.3, 0.4) is 0 Å². The largest absolute Gasteiger partial charge is 0.315 e. The van der Waals surface area contributed by atoms with Crippen LogP contribution >= 0.6 is 0 Å². The number of nitrogens with one attached hydrogen (secondary N) is 1. The molecule has 1 aromatic rings. The predicted octanol–water partition coefficient (Wildman–Crippen LogP) is 1.04. The second kappa shape index (κ2) is 6.71. The molecule has 0 radical (unpaired) electrons. The summed E-state index contributed by atoms with van der Waals surface area (Å²) in [7, 11) is -2.92. The van der Waals surface area contributed by atoms with E-state index in [9.17, 15) is 8.42 Å². The Balaban J connectivity index is 2.18. The molecule has 1 rings (SSSR count). The van der Waals surface area contributed by atoms with Gasteiger partial charge in [-0.2, -0.15) is 0 Å². The number of nitrogens with zero attached hydrogens (tertiary/aromatic N) is 1. The molecule has 0 aliphatic heterocycles. The molecule has 0 spiro atoms. The Morgan fingerprint density at radius 3 is 2.65 bits per heavy atom. The molecule has 1 aromatic heterocycles. The van der Waals surface area contributed by atoms with Crippen LogP contribution in [0.2, 0.25) is 0 Å². The maximum Gasteiger partial charge on any atom is 0.153 e. The summed E-state index contributed by atoms with van der Waals surface area (Å²) in [4.78, 5) is 4.20. The van der Waals surface area contributed by atoms with Gasteiger partial charge in [-0.05, 0) is 26.0 Å². The van der Waals surface area contributed by atoms with Crippen molar-refractivity contribution in [2.75, 3.05) is 18.8 Å². The maximum atomic E-state index is 11.5. The standard InChI is InChI=1S/C12H20N2O2S/c1-11(2)17(15,16)10-9-13-8-6-12-5-3-4-7-14-12/h3-5,7,11,13H,6,8-10H2,1-2H3. The molecule has 0 aromatic carbocycles. The molecule has 0 aliphatic rings. The molecular formula is C12H20N2O2S. The number of rotatable bonds is 7. The Kier molecular flexibility index (Phi) is 5.58. The van der Waals surface area contributed by atoms with Gasteiger partial charge < -0.3 is 5.32 Å². The van der Waals surface area contributed by atoms with Crippen molar-refractivity contribution in [3.8, 4) is 0 Å². The zero-order valence-electron chi connectivity index (χ0n) is 10.4. The van der Waals surface area contributed by atoms with Gasteiger partial charge in [0.1, 0.15) is 0 Å². The van der Waals surface area contributed by atoms with Crippen LogP contribution in [0.4, 0.5) is 0 Å². The Morgan fingerprint density at radius 2 is 2.06 bits per heavy atom. The molecule has 0 amide bonds. The third-order valence-electron chi connectivity index (χ3n) is 2.57. The maximum absolute atomic E-state index is 11.5. The zero-order chi connectivity index (χ0) is 12.7. The molecule has 0 atom stereocenters. The molecular weight excluding hydrogens is 236 g/mol. The van der Waals surface area contributed by atoms with Gasteiger partial charge in [0.25, 0.3) is 0 Å². The lowest BCUT2D eigenvalue weighted by Gasteiger charge is -2.08. The van der Waals surface area contributed by atoms with E-state index >= 15 is 0 Å². The first-order valence-electron chi connectivity index (χ1n) is 5.84. The Morgan fingerprint density at radius 1 is 1.29 bits per heavy atom. The molecule has 0 saturated carbocycles. The van der Waals surface area contributed by atoms with Crippen LogP contribution < -0.4 is 5.32 Å². The van der Waals surface area contributed by atoms with Crippen LogP contribution in [0.15, 0.2) is 24.4 Å². The van der Waals surface area contributed by atoms with Gasteiger partial charge in [0.05, 0.1) is 11.0 Å². The van der Waals surface area contributed by atoms with E-state index < -0.39 is 9.84 Å². The van der Waals surface area contributed by atoms with Crippen molar-refractivity contribution in [3.63, 3.8) is 0 Å². The molecule has 1 N–H and O–H groups in total. The highest BCUT2D eigenvalue weighted by atomic mass is 32.2. The quantitative estimate of drug-likeness (QED) is 0.740. The van der Waals surface area contributed by atoms with Crippen LogP contribution in [0.25, 0.3) is 0 Å². The van der Waals surface area contributed by atoms with Crippen molar-refractivity contribution in [3.05, 3.63) is 30.1 Å². The third kappa shape index (κ3) is 5.28. The van der Waals surface area contributed by atoms with Crippen molar-refractivity contribution in [2.24, 2.45) is 0 Å². The van der Waals surface area contributed by atoms with Crippen LogP contribution in [-0.4, -0.2) is 37.5 Å². The lowest BCUT2D eigenvalue weighted by atomic mass is 10.3. The van der Waals surface area contributed by atoms with Crippen molar-refractivity contribution in [1.82, 2.24) is 10.3 Å². The molecule has 0 fully saturated rings. The number of sulfone groups is 1. The summed E-state index contributed by atoms with van der Waals surface area (Å²) in [5, 5.41) is 2.83. The monoisotopic (exact) mass is 256 g/mol. The minimum absolute atomic E-state index is 0.201. The van der Waals surface area contributed by atoms with E-state index in [0.717, 1.165) is 18.7 Å². The lowest BCUT2D eigenvalue weighted by Crippen LogP contribution is -2.28. The molecule has 0 bridgehead atoms. The average Bonchev–Trinajstić information content (AvgIpc) is 2.29. The summed E-state index contributed by atoms with van der Waals surface area (Å²) in [5.41, 5.74) is 1.02. The predicted molar refractivity (Wildman–Crippen MR) is 69.7 cm³/mol. The molecule has 0 aliphatic carbocycles. The highest BCUT2D eigenvalue weighted by molar-refractivity contribution is 7.92. The molecule has 0 unspecified atom stereocenters. The Bertz CT molecular complexity index is 415. The van der Waals surface area contributed by atoms with E-state index in [2.05, 4.69) is 10.3 Å². The summed E-state index contributed by atoms with van der Waals surface area (Å²) in [6.45, 7) is 4.68. The molecule has 0 saturated heterocycles. The number of aromatic nitrogens is 1. The van der Waals surface area contributed by atoms with E-state index in [1.807, 2.05) is 18.2 Å². The average molecular weight is 256 g/mol. The van der Waals surface area contributed by atoms with Crippen LogP contribution in [0, 0.1) is 0 Å². The van der Waals surface area contributed by atoms with Gasteiger partial charge in [-0.25, -0.2) is 8.42 Å². The first-order chi connectivity index (χ1) is 8.02. The van der Waals surface area contributed by atoms with Crippen LogP contribution in [0.1, 0.15) is 19.5 Å². The van der Waals surface area contributed by atoms with E-state index in [4.69, 9.17) is 0 Å². The molecule has 17 heavy (non-hydrogen) atoms. The number of hydrogen-bond acceptors (Lipinski definition) is 4. The summed E-state index contributed by atoms with van der Waals surface area (Å²) in [6.07, 6.45) is 2.58. The molecule has 4 nitrogen and oxygen atoms in total. The van der Waals surface area contributed by atoms with Gasteiger partial charge in [0, 0.05) is 31.4 Å². The fourth-order valence-electron chi connectivity index (χ4n) is 1.34. The van der Waals surface area contributed by atoms with E-state index in [1.54, 1.807) is 20.0 Å². The van der Waals surface area contributed by atoms with Crippen molar-refractivity contribution >= 4 is 9.84 Å². The summed E-state index contributed by atoms with van der Waals surface area (Å²) < 4.78 is 23.0. The van der Waals surface area contributed by atoms with Crippen molar-refractivity contribution < 1.29 is 8.42 Å². The first-order valence-corrected chi connectivity index (χ1v) is 7.56. The lowest BCUT2D eigenvalue weighted by molar-refractivity contribution is 0.582.